The second kappa shape index (κ2) is 5.53. The number of hydrogen-bond donors (Lipinski definition) is 1. The third-order valence-electron chi connectivity index (χ3n) is 2.88. The summed E-state index contributed by atoms with van der Waals surface area (Å²) in [5, 5.41) is 4.03. The van der Waals surface area contributed by atoms with Crippen molar-refractivity contribution in [2.45, 2.75) is 31.2 Å². The van der Waals surface area contributed by atoms with Crippen LogP contribution >= 0.6 is 0 Å². The number of sulfonamides is 1. The third kappa shape index (κ3) is 3.51. The lowest BCUT2D eigenvalue weighted by molar-refractivity contribution is 0.0981. The number of hydrogen-bond acceptors (Lipinski definition) is 4. The van der Waals surface area contributed by atoms with Crippen LogP contribution < -0.4 is 4.72 Å². The Morgan fingerprint density at radius 3 is 2.32 bits per heavy atom. The van der Waals surface area contributed by atoms with Gasteiger partial charge in [0, 0.05) is 6.20 Å². The van der Waals surface area contributed by atoms with E-state index >= 15 is 0 Å². The lowest BCUT2D eigenvalue weighted by atomic mass is 10.1. The molecule has 22 heavy (non-hydrogen) atoms. The fourth-order valence-electron chi connectivity index (χ4n) is 1.66. The number of benzene rings is 1. The Balaban J connectivity index is 2.21. The van der Waals surface area contributed by atoms with Gasteiger partial charge in [-0.05, 0) is 45.0 Å². The standard InChI is InChI=1S/C14H16FN3O3S/c1-14(2,3)18-9-10(8-16-18)13(19)17-22(20,21)12-6-4-11(15)5-7-12/h4-9H,1-3H3,(H,17,19). The van der Waals surface area contributed by atoms with E-state index < -0.39 is 21.7 Å². The van der Waals surface area contributed by atoms with E-state index in [4.69, 9.17) is 0 Å². The molecule has 2 rings (SSSR count). The van der Waals surface area contributed by atoms with Crippen LogP contribution in [-0.2, 0) is 15.6 Å². The van der Waals surface area contributed by atoms with Gasteiger partial charge in [0.05, 0.1) is 22.2 Å². The minimum atomic E-state index is -4.05. The number of rotatable bonds is 3. The molecular formula is C14H16FN3O3S. The summed E-state index contributed by atoms with van der Waals surface area (Å²) in [6.45, 7) is 5.70. The zero-order valence-corrected chi connectivity index (χ0v) is 13.2. The molecule has 1 aromatic heterocycles. The number of carbonyl (C=O) groups excluding carboxylic acids is 1. The van der Waals surface area contributed by atoms with Crippen molar-refractivity contribution in [3.05, 3.63) is 48.0 Å². The van der Waals surface area contributed by atoms with Crippen LogP contribution in [0.5, 0.6) is 0 Å². The van der Waals surface area contributed by atoms with Crippen LogP contribution in [0.2, 0.25) is 0 Å². The Kier molecular flexibility index (Phi) is 4.06. The fourth-order valence-corrected chi connectivity index (χ4v) is 2.63. The van der Waals surface area contributed by atoms with E-state index in [2.05, 4.69) is 5.10 Å². The Morgan fingerprint density at radius 1 is 1.23 bits per heavy atom. The van der Waals surface area contributed by atoms with Gasteiger partial charge in [0.15, 0.2) is 0 Å². The highest BCUT2D eigenvalue weighted by molar-refractivity contribution is 7.90. The second-order valence-corrected chi connectivity index (χ2v) is 7.42. The maximum atomic E-state index is 12.8. The molecule has 0 saturated carbocycles. The molecule has 0 radical (unpaired) electrons. The second-order valence-electron chi connectivity index (χ2n) is 5.73. The summed E-state index contributed by atoms with van der Waals surface area (Å²) in [6.07, 6.45) is 2.76. The van der Waals surface area contributed by atoms with Crippen LogP contribution in [0.4, 0.5) is 4.39 Å². The van der Waals surface area contributed by atoms with Crippen molar-refractivity contribution in [2.24, 2.45) is 0 Å². The topological polar surface area (TPSA) is 81.1 Å². The van der Waals surface area contributed by atoms with Crippen LogP contribution in [0.25, 0.3) is 0 Å². The molecule has 0 fully saturated rings. The molecule has 6 nitrogen and oxygen atoms in total. The molecule has 0 spiro atoms. The predicted molar refractivity (Wildman–Crippen MR) is 78.3 cm³/mol. The van der Waals surface area contributed by atoms with Crippen LogP contribution in [0.15, 0.2) is 41.6 Å². The van der Waals surface area contributed by atoms with E-state index in [1.165, 1.54) is 12.4 Å². The number of amides is 1. The lowest BCUT2D eigenvalue weighted by Gasteiger charge is -2.18. The van der Waals surface area contributed by atoms with Crippen molar-refractivity contribution in [3.8, 4) is 0 Å². The summed E-state index contributed by atoms with van der Waals surface area (Å²) in [5.41, 5.74) is -0.199. The maximum absolute atomic E-state index is 12.8. The molecule has 0 aliphatic carbocycles. The van der Waals surface area contributed by atoms with Crippen LogP contribution in [0.1, 0.15) is 31.1 Å². The van der Waals surface area contributed by atoms with Crippen molar-refractivity contribution in [3.63, 3.8) is 0 Å². The first-order valence-electron chi connectivity index (χ1n) is 6.47. The molecule has 1 aromatic carbocycles. The first-order valence-corrected chi connectivity index (χ1v) is 7.96. The molecule has 0 aliphatic rings. The molecule has 2 aromatic rings. The third-order valence-corrected chi connectivity index (χ3v) is 4.23. The lowest BCUT2D eigenvalue weighted by Crippen LogP contribution is -2.30. The van der Waals surface area contributed by atoms with Crippen molar-refractivity contribution in [1.82, 2.24) is 14.5 Å². The zero-order valence-electron chi connectivity index (χ0n) is 12.4. The van der Waals surface area contributed by atoms with Crippen molar-refractivity contribution in [2.75, 3.05) is 0 Å². The monoisotopic (exact) mass is 325 g/mol. The minimum absolute atomic E-state index is 0.126. The van der Waals surface area contributed by atoms with E-state index in [0.29, 0.717) is 0 Å². The molecule has 1 heterocycles. The van der Waals surface area contributed by atoms with Gasteiger partial charge in [-0.3, -0.25) is 9.48 Å². The Labute approximate surface area is 128 Å². The van der Waals surface area contributed by atoms with E-state index in [0.717, 1.165) is 24.3 Å². The van der Waals surface area contributed by atoms with E-state index in [1.807, 2.05) is 25.5 Å². The average Bonchev–Trinajstić information content (AvgIpc) is 2.88. The molecule has 8 heteroatoms. The Hall–Kier alpha value is -2.22. The highest BCUT2D eigenvalue weighted by Crippen LogP contribution is 2.14. The normalized spacial score (nSPS) is 12.2. The van der Waals surface area contributed by atoms with Gasteiger partial charge < -0.3 is 0 Å². The summed E-state index contributed by atoms with van der Waals surface area (Å²) in [4.78, 5) is 11.8. The van der Waals surface area contributed by atoms with Crippen molar-refractivity contribution >= 4 is 15.9 Å². The zero-order chi connectivity index (χ0) is 16.5. The number of carbonyl (C=O) groups is 1. The van der Waals surface area contributed by atoms with Crippen LogP contribution in [0, 0.1) is 5.82 Å². The van der Waals surface area contributed by atoms with Crippen molar-refractivity contribution < 1.29 is 17.6 Å². The Morgan fingerprint density at radius 2 is 1.82 bits per heavy atom. The number of nitrogens with zero attached hydrogens (tertiary/aromatic N) is 2. The molecule has 0 bridgehead atoms. The molecule has 1 N–H and O–H groups in total. The highest BCUT2D eigenvalue weighted by Gasteiger charge is 2.21. The quantitative estimate of drug-likeness (QED) is 0.934. The summed E-state index contributed by atoms with van der Waals surface area (Å²) < 4.78 is 40.4. The largest absolute Gasteiger partial charge is 0.268 e. The maximum Gasteiger partial charge on any atom is 0.268 e. The Bertz CT molecular complexity index is 789. The molecule has 0 saturated heterocycles. The predicted octanol–water partition coefficient (Wildman–Crippen LogP) is 1.90. The van der Waals surface area contributed by atoms with E-state index in [-0.39, 0.29) is 16.0 Å². The summed E-state index contributed by atoms with van der Waals surface area (Å²) in [7, 11) is -4.05. The average molecular weight is 325 g/mol. The van der Waals surface area contributed by atoms with E-state index in [9.17, 15) is 17.6 Å². The van der Waals surface area contributed by atoms with Gasteiger partial charge in [-0.15, -0.1) is 0 Å². The van der Waals surface area contributed by atoms with Gasteiger partial charge in [0.1, 0.15) is 5.82 Å². The smallest absolute Gasteiger partial charge is 0.268 e. The number of halogens is 1. The van der Waals surface area contributed by atoms with Gasteiger partial charge in [0.25, 0.3) is 15.9 Å². The van der Waals surface area contributed by atoms with Crippen LogP contribution in [-0.4, -0.2) is 24.1 Å². The fraction of sp³-hybridized carbons (Fsp3) is 0.286. The summed E-state index contributed by atoms with van der Waals surface area (Å²) in [5.74, 6) is -1.35. The molecule has 0 unspecified atom stereocenters. The SMILES string of the molecule is CC(C)(C)n1cc(C(=O)NS(=O)(=O)c2ccc(F)cc2)cn1. The van der Waals surface area contributed by atoms with E-state index in [1.54, 1.807) is 4.68 Å². The molecule has 118 valence electrons. The first kappa shape index (κ1) is 16.2. The molecule has 1 amide bonds. The first-order chi connectivity index (χ1) is 10.1. The van der Waals surface area contributed by atoms with Gasteiger partial charge >= 0.3 is 0 Å². The molecule has 0 atom stereocenters. The van der Waals surface area contributed by atoms with Crippen LogP contribution in [0.3, 0.4) is 0 Å². The van der Waals surface area contributed by atoms with Gasteiger partial charge in [-0.2, -0.15) is 5.10 Å². The number of nitrogens with one attached hydrogen (secondary N) is 1. The summed E-state index contributed by atoms with van der Waals surface area (Å²) >= 11 is 0. The minimum Gasteiger partial charge on any atom is -0.268 e. The molecular weight excluding hydrogens is 309 g/mol. The summed E-state index contributed by atoms with van der Waals surface area (Å²) in [6, 6.07) is 4.19. The van der Waals surface area contributed by atoms with Gasteiger partial charge in [0.2, 0.25) is 0 Å². The van der Waals surface area contributed by atoms with Gasteiger partial charge in [-0.25, -0.2) is 17.5 Å². The van der Waals surface area contributed by atoms with Gasteiger partial charge in [-0.1, -0.05) is 0 Å². The van der Waals surface area contributed by atoms with Crippen molar-refractivity contribution in [1.29, 1.82) is 0 Å². The molecule has 0 aliphatic heterocycles. The number of aromatic nitrogens is 2. The highest BCUT2D eigenvalue weighted by atomic mass is 32.2.